The van der Waals surface area contributed by atoms with Gasteiger partial charge in [0.1, 0.15) is 11.6 Å². The van der Waals surface area contributed by atoms with Crippen LogP contribution >= 0.6 is 11.6 Å². The van der Waals surface area contributed by atoms with Crippen molar-refractivity contribution in [2.24, 2.45) is 0 Å². The molecule has 2 rings (SSSR count). The van der Waals surface area contributed by atoms with Gasteiger partial charge in [-0.05, 0) is 17.5 Å². The second-order valence-corrected chi connectivity index (χ2v) is 5.76. The minimum atomic E-state index is -0.0440. The maximum Gasteiger partial charge on any atom is 0.139 e. The Kier molecular flexibility index (Phi) is 3.11. The van der Waals surface area contributed by atoms with E-state index >= 15 is 0 Å². The molecule has 2 N–H and O–H groups in total. The molecule has 3 nitrogen and oxygen atoms in total. The van der Waals surface area contributed by atoms with Gasteiger partial charge in [-0.25, -0.2) is 4.98 Å². The van der Waals surface area contributed by atoms with Crippen LogP contribution < -0.4 is 10.5 Å². The molecule has 1 aromatic heterocycles. The number of hydrogen-bond acceptors (Lipinski definition) is 3. The van der Waals surface area contributed by atoms with Crippen LogP contribution in [0, 0.1) is 0 Å². The molecule has 1 heterocycles. The summed E-state index contributed by atoms with van der Waals surface area (Å²) in [6.45, 7) is 6.33. The van der Waals surface area contributed by atoms with Crippen LogP contribution in [0.15, 0.2) is 18.2 Å². The Labute approximate surface area is 112 Å². The van der Waals surface area contributed by atoms with E-state index in [1.54, 1.807) is 13.2 Å². The number of halogens is 1. The minimum absolute atomic E-state index is 0.0440. The zero-order chi connectivity index (χ0) is 13.5. The third kappa shape index (κ3) is 2.23. The summed E-state index contributed by atoms with van der Waals surface area (Å²) in [6, 6.07) is 5.71. The van der Waals surface area contributed by atoms with Crippen molar-refractivity contribution >= 4 is 28.3 Å². The largest absolute Gasteiger partial charge is 0.495 e. The topological polar surface area (TPSA) is 48.1 Å². The Hall–Kier alpha value is -1.48. The van der Waals surface area contributed by atoms with Gasteiger partial charge in [0.15, 0.2) is 0 Å². The summed E-state index contributed by atoms with van der Waals surface area (Å²) in [4.78, 5) is 4.43. The highest BCUT2D eigenvalue weighted by Crippen LogP contribution is 2.34. The molecule has 18 heavy (non-hydrogen) atoms. The van der Waals surface area contributed by atoms with E-state index in [0.717, 1.165) is 16.5 Å². The molecule has 0 unspecified atom stereocenters. The molecule has 4 heteroatoms. The molecule has 2 aromatic rings. The summed E-state index contributed by atoms with van der Waals surface area (Å²) in [5, 5.41) is 1.55. The van der Waals surface area contributed by atoms with Gasteiger partial charge in [0, 0.05) is 17.0 Å². The molecule has 0 atom stereocenters. The van der Waals surface area contributed by atoms with Crippen LogP contribution in [0.3, 0.4) is 0 Å². The van der Waals surface area contributed by atoms with Crippen LogP contribution in [0.25, 0.3) is 10.9 Å². The van der Waals surface area contributed by atoms with Gasteiger partial charge in [-0.15, -0.1) is 0 Å². The minimum Gasteiger partial charge on any atom is -0.495 e. The van der Waals surface area contributed by atoms with Crippen LogP contribution in [0.5, 0.6) is 5.75 Å². The highest BCUT2D eigenvalue weighted by molar-refractivity contribution is 6.32. The zero-order valence-corrected chi connectivity index (χ0v) is 11.8. The van der Waals surface area contributed by atoms with Crippen molar-refractivity contribution in [3.8, 4) is 5.75 Å². The highest BCUT2D eigenvalue weighted by Gasteiger charge is 2.19. The van der Waals surface area contributed by atoms with E-state index in [-0.39, 0.29) is 5.41 Å². The Balaban J connectivity index is 2.73. The monoisotopic (exact) mass is 264 g/mol. The van der Waals surface area contributed by atoms with Crippen LogP contribution in [-0.2, 0) is 5.41 Å². The molecule has 0 bridgehead atoms. The van der Waals surface area contributed by atoms with Crippen LogP contribution in [0.4, 0.5) is 5.82 Å². The number of rotatable bonds is 1. The predicted octanol–water partition coefficient (Wildman–Crippen LogP) is 3.78. The molecular weight excluding hydrogens is 248 g/mol. The van der Waals surface area contributed by atoms with Crippen molar-refractivity contribution in [3.05, 3.63) is 28.8 Å². The Morgan fingerprint density at radius 3 is 2.44 bits per heavy atom. The third-order valence-electron chi connectivity index (χ3n) is 2.93. The van der Waals surface area contributed by atoms with Crippen molar-refractivity contribution in [1.29, 1.82) is 0 Å². The van der Waals surface area contributed by atoms with Crippen molar-refractivity contribution < 1.29 is 4.74 Å². The molecular formula is C14H17ClN2O. The van der Waals surface area contributed by atoms with Gasteiger partial charge in [0.25, 0.3) is 0 Å². The lowest BCUT2D eigenvalue weighted by Crippen LogP contribution is -2.15. The number of nitrogens with two attached hydrogens (primary N) is 1. The van der Waals surface area contributed by atoms with Crippen molar-refractivity contribution in [2.75, 3.05) is 12.8 Å². The SMILES string of the molecule is COc1cc2nc(N)c(C(C)(C)C)cc2cc1Cl. The fraction of sp³-hybridized carbons (Fsp3) is 0.357. The van der Waals surface area contributed by atoms with Gasteiger partial charge in [0.05, 0.1) is 17.6 Å². The first kappa shape index (κ1) is 13.0. The quantitative estimate of drug-likeness (QED) is 0.853. The summed E-state index contributed by atoms with van der Waals surface area (Å²) >= 11 is 6.13. The number of methoxy groups -OCH3 is 1. The smallest absolute Gasteiger partial charge is 0.139 e. The summed E-state index contributed by atoms with van der Waals surface area (Å²) in [6.07, 6.45) is 0. The average molecular weight is 265 g/mol. The molecule has 0 saturated carbocycles. The molecule has 0 saturated heterocycles. The molecule has 0 fully saturated rings. The van der Waals surface area contributed by atoms with Crippen molar-refractivity contribution in [2.45, 2.75) is 26.2 Å². The van der Waals surface area contributed by atoms with Gasteiger partial charge in [0.2, 0.25) is 0 Å². The number of anilines is 1. The maximum absolute atomic E-state index is 6.13. The van der Waals surface area contributed by atoms with Gasteiger partial charge >= 0.3 is 0 Å². The highest BCUT2D eigenvalue weighted by atomic mass is 35.5. The number of ether oxygens (including phenoxy) is 1. The fourth-order valence-corrected chi connectivity index (χ4v) is 2.20. The first-order valence-corrected chi connectivity index (χ1v) is 6.15. The molecule has 0 aliphatic heterocycles. The Morgan fingerprint density at radius 1 is 1.22 bits per heavy atom. The lowest BCUT2D eigenvalue weighted by atomic mass is 9.86. The van der Waals surface area contributed by atoms with E-state index in [0.29, 0.717) is 16.6 Å². The molecule has 96 valence electrons. The first-order chi connectivity index (χ1) is 8.32. The lowest BCUT2D eigenvalue weighted by Gasteiger charge is -2.21. The molecule has 1 aromatic carbocycles. The Bertz CT molecular complexity index is 603. The second-order valence-electron chi connectivity index (χ2n) is 5.35. The summed E-state index contributed by atoms with van der Waals surface area (Å²) in [5.74, 6) is 1.17. The summed E-state index contributed by atoms with van der Waals surface area (Å²) < 4.78 is 5.18. The molecule has 0 radical (unpaired) electrons. The average Bonchev–Trinajstić information content (AvgIpc) is 2.26. The number of pyridine rings is 1. The van der Waals surface area contributed by atoms with E-state index in [1.807, 2.05) is 12.1 Å². The number of aromatic nitrogens is 1. The van der Waals surface area contributed by atoms with Gasteiger partial charge in [-0.1, -0.05) is 32.4 Å². The normalized spacial score (nSPS) is 11.8. The zero-order valence-electron chi connectivity index (χ0n) is 11.0. The first-order valence-electron chi connectivity index (χ1n) is 5.77. The predicted molar refractivity (Wildman–Crippen MR) is 76.4 cm³/mol. The van der Waals surface area contributed by atoms with Crippen LogP contribution in [0.2, 0.25) is 5.02 Å². The maximum atomic E-state index is 6.13. The van der Waals surface area contributed by atoms with Gasteiger partial charge in [-0.2, -0.15) is 0 Å². The number of hydrogen-bond donors (Lipinski definition) is 1. The van der Waals surface area contributed by atoms with Gasteiger partial charge in [-0.3, -0.25) is 0 Å². The van der Waals surface area contributed by atoms with E-state index in [2.05, 4.69) is 25.8 Å². The number of nitrogens with zero attached hydrogens (tertiary/aromatic N) is 1. The van der Waals surface area contributed by atoms with Crippen molar-refractivity contribution in [3.63, 3.8) is 0 Å². The molecule has 0 amide bonds. The molecule has 0 aliphatic carbocycles. The van der Waals surface area contributed by atoms with Crippen molar-refractivity contribution in [1.82, 2.24) is 4.98 Å². The van der Waals surface area contributed by atoms with E-state index in [1.165, 1.54) is 0 Å². The summed E-state index contributed by atoms with van der Waals surface area (Å²) in [5.41, 5.74) is 7.79. The number of nitrogen functional groups attached to an aromatic ring is 1. The molecule has 0 aliphatic rings. The van der Waals surface area contributed by atoms with Gasteiger partial charge < -0.3 is 10.5 Å². The second kappa shape index (κ2) is 4.32. The lowest BCUT2D eigenvalue weighted by molar-refractivity contribution is 0.415. The fourth-order valence-electron chi connectivity index (χ4n) is 1.95. The van der Waals surface area contributed by atoms with Crippen LogP contribution in [-0.4, -0.2) is 12.1 Å². The third-order valence-corrected chi connectivity index (χ3v) is 3.22. The standard InChI is InChI=1S/C14H17ClN2O/c1-14(2,3)9-5-8-6-10(15)12(18-4)7-11(8)17-13(9)16/h5-7H,1-4H3,(H2,16,17). The van der Waals surface area contributed by atoms with E-state index < -0.39 is 0 Å². The summed E-state index contributed by atoms with van der Waals surface area (Å²) in [7, 11) is 1.58. The molecule has 0 spiro atoms. The van der Waals surface area contributed by atoms with E-state index in [9.17, 15) is 0 Å². The number of benzene rings is 1. The van der Waals surface area contributed by atoms with Crippen LogP contribution in [0.1, 0.15) is 26.3 Å². The number of fused-ring (bicyclic) bond motifs is 1. The van der Waals surface area contributed by atoms with E-state index in [4.69, 9.17) is 22.1 Å². The Morgan fingerprint density at radius 2 is 1.89 bits per heavy atom.